The molecule has 0 atom stereocenters. The molecule has 0 fully saturated rings. The Bertz CT molecular complexity index is 432. The molecule has 0 unspecified atom stereocenters. The number of hydrogen-bond acceptors (Lipinski definition) is 4. The van der Waals surface area contributed by atoms with Crippen LogP contribution in [0.4, 0.5) is 26.4 Å². The second-order valence-electron chi connectivity index (χ2n) is 1.99. The number of alkyl halides is 5. The van der Waals surface area contributed by atoms with Crippen LogP contribution in [-0.2, 0) is 19.9 Å². The van der Waals surface area contributed by atoms with Crippen molar-refractivity contribution in [1.82, 2.24) is 4.94 Å². The highest BCUT2D eigenvalue weighted by molar-refractivity contribution is 8.09. The third-order valence-electron chi connectivity index (χ3n) is 1.03. The SMILES string of the molecule is O=S(=O)(NF)C(F)(F)S(=O)(=O)C(F)(F)F. The average Bonchev–Trinajstić information content (AvgIpc) is 2.01. The molecular weight excluding hydrogens is 280 g/mol. The minimum atomic E-state index is -7.37. The topological polar surface area (TPSA) is 80.3 Å². The van der Waals surface area contributed by atoms with E-state index in [1.807, 2.05) is 0 Å². The molecule has 0 rings (SSSR count). The van der Waals surface area contributed by atoms with Crippen molar-refractivity contribution in [2.75, 3.05) is 0 Å². The van der Waals surface area contributed by atoms with Crippen molar-refractivity contribution in [2.24, 2.45) is 0 Å². The highest BCUT2D eigenvalue weighted by Crippen LogP contribution is 2.39. The number of rotatable bonds is 3. The van der Waals surface area contributed by atoms with Gasteiger partial charge in [0.05, 0.1) is 0 Å². The van der Waals surface area contributed by atoms with Crippen LogP contribution < -0.4 is 4.94 Å². The van der Waals surface area contributed by atoms with E-state index in [0.717, 1.165) is 0 Å². The van der Waals surface area contributed by atoms with Crippen molar-refractivity contribution in [1.29, 1.82) is 0 Å². The van der Waals surface area contributed by atoms with Gasteiger partial charge in [0, 0.05) is 0 Å². The quantitative estimate of drug-likeness (QED) is 0.595. The largest absolute Gasteiger partial charge is 0.504 e. The van der Waals surface area contributed by atoms with Crippen molar-refractivity contribution >= 4 is 19.9 Å². The fourth-order valence-corrected chi connectivity index (χ4v) is 2.22. The van der Waals surface area contributed by atoms with Crippen molar-refractivity contribution in [3.8, 4) is 0 Å². The lowest BCUT2D eigenvalue weighted by Gasteiger charge is -2.16. The molecule has 15 heavy (non-hydrogen) atoms. The van der Waals surface area contributed by atoms with E-state index in [2.05, 4.69) is 0 Å². The number of hydrogen-bond donors (Lipinski definition) is 1. The van der Waals surface area contributed by atoms with Crippen LogP contribution >= 0.6 is 0 Å². The number of sulfone groups is 1. The van der Waals surface area contributed by atoms with Gasteiger partial charge in [-0.1, -0.05) is 0 Å². The van der Waals surface area contributed by atoms with E-state index >= 15 is 0 Å². The lowest BCUT2D eigenvalue weighted by atomic mass is 11.5. The number of halogens is 6. The van der Waals surface area contributed by atoms with Gasteiger partial charge in [-0.15, -0.1) is 4.48 Å². The fraction of sp³-hybridized carbons (Fsp3) is 1.00. The van der Waals surface area contributed by atoms with Crippen LogP contribution in [0, 0.1) is 0 Å². The Morgan fingerprint density at radius 1 is 0.867 bits per heavy atom. The van der Waals surface area contributed by atoms with Gasteiger partial charge in [0.25, 0.3) is 0 Å². The molecule has 5 nitrogen and oxygen atoms in total. The van der Waals surface area contributed by atoms with Crippen LogP contribution in [0.2, 0.25) is 0 Å². The third-order valence-corrected chi connectivity index (χ3v) is 4.41. The lowest BCUT2D eigenvalue weighted by Crippen LogP contribution is -2.48. The highest BCUT2D eigenvalue weighted by atomic mass is 32.3. The summed E-state index contributed by atoms with van der Waals surface area (Å²) in [5, 5.41) is 0. The first-order chi connectivity index (χ1) is 6.31. The fourth-order valence-electron chi connectivity index (χ4n) is 0.324. The van der Waals surface area contributed by atoms with Crippen molar-refractivity contribution in [3.05, 3.63) is 0 Å². The maximum absolute atomic E-state index is 12.3. The summed E-state index contributed by atoms with van der Waals surface area (Å²) in [6.45, 7) is 0. The van der Waals surface area contributed by atoms with E-state index in [1.54, 1.807) is 0 Å². The average molecular weight is 281 g/mol. The monoisotopic (exact) mass is 281 g/mol. The van der Waals surface area contributed by atoms with Crippen LogP contribution in [-0.4, -0.2) is 26.9 Å². The zero-order valence-corrected chi connectivity index (χ0v) is 7.85. The molecular formula is C2HF6NO4S2. The molecule has 0 saturated carbocycles. The summed E-state index contributed by atoms with van der Waals surface area (Å²) >= 11 is 0. The standard InChI is InChI=1S/C2HF6NO4S2/c3-1(4,5)14(10,11)2(6,7)15(12,13)9-8/h9H. The Kier molecular flexibility index (Phi) is 3.35. The van der Waals surface area contributed by atoms with E-state index in [0.29, 0.717) is 0 Å². The third kappa shape index (κ3) is 2.03. The second-order valence-corrected chi connectivity index (χ2v) is 5.91. The molecule has 92 valence electrons. The Labute approximate surface area is 79.0 Å². The molecule has 0 aromatic heterocycles. The van der Waals surface area contributed by atoms with Crippen molar-refractivity contribution in [3.63, 3.8) is 0 Å². The Morgan fingerprint density at radius 2 is 1.20 bits per heavy atom. The van der Waals surface area contributed by atoms with Gasteiger partial charge in [-0.05, 0) is 4.94 Å². The van der Waals surface area contributed by atoms with Crippen LogP contribution in [0.25, 0.3) is 0 Å². The smallest absolute Gasteiger partial charge is 0.212 e. The van der Waals surface area contributed by atoms with Crippen LogP contribution in [0.1, 0.15) is 0 Å². The highest BCUT2D eigenvalue weighted by Gasteiger charge is 2.69. The summed E-state index contributed by atoms with van der Waals surface area (Å²) in [6.07, 6.45) is 0. The van der Waals surface area contributed by atoms with E-state index < -0.39 is 34.9 Å². The van der Waals surface area contributed by atoms with E-state index in [1.165, 1.54) is 0 Å². The zero-order chi connectivity index (χ0) is 12.7. The van der Waals surface area contributed by atoms with Gasteiger partial charge in [0.1, 0.15) is 0 Å². The van der Waals surface area contributed by atoms with E-state index in [4.69, 9.17) is 0 Å². The summed E-state index contributed by atoms with van der Waals surface area (Å²) in [6, 6.07) is 0. The molecule has 1 N–H and O–H groups in total. The normalized spacial score (nSPS) is 15.3. The van der Waals surface area contributed by atoms with Crippen LogP contribution in [0.15, 0.2) is 0 Å². The summed E-state index contributed by atoms with van der Waals surface area (Å²) in [7, 11) is -14.0. The maximum atomic E-state index is 12.3. The molecule has 0 amide bonds. The minimum absolute atomic E-state index is 0.697. The van der Waals surface area contributed by atoms with Crippen LogP contribution in [0.5, 0.6) is 0 Å². The van der Waals surface area contributed by atoms with Gasteiger partial charge in [0.15, 0.2) is 0 Å². The molecule has 0 heterocycles. The summed E-state index contributed by atoms with van der Waals surface area (Å²) < 4.78 is 104. The molecule has 0 aliphatic rings. The van der Waals surface area contributed by atoms with Crippen LogP contribution in [0.3, 0.4) is 0 Å². The number of nitrogens with one attached hydrogen (secondary N) is 1. The minimum Gasteiger partial charge on any atom is -0.212 e. The van der Waals surface area contributed by atoms with Gasteiger partial charge >= 0.3 is 30.0 Å². The molecule has 0 aliphatic heterocycles. The first-order valence-electron chi connectivity index (χ1n) is 2.62. The number of sulfonamides is 1. The molecule has 0 aliphatic carbocycles. The van der Waals surface area contributed by atoms with E-state index in [9.17, 15) is 43.3 Å². The molecule has 0 spiro atoms. The Morgan fingerprint density at radius 3 is 1.40 bits per heavy atom. The Hall–Kier alpha value is -0.560. The predicted octanol–water partition coefficient (Wildman–Crippen LogP) is 0.275. The van der Waals surface area contributed by atoms with Gasteiger partial charge < -0.3 is 0 Å². The molecule has 0 aromatic carbocycles. The summed E-state index contributed by atoms with van der Waals surface area (Å²) in [4.78, 5) is -0.697. The van der Waals surface area contributed by atoms with E-state index in [-0.39, 0.29) is 0 Å². The first-order valence-corrected chi connectivity index (χ1v) is 5.58. The van der Waals surface area contributed by atoms with Gasteiger partial charge in [-0.3, -0.25) is 0 Å². The predicted molar refractivity (Wildman–Crippen MR) is 33.1 cm³/mol. The molecule has 0 radical (unpaired) electrons. The van der Waals surface area contributed by atoms with Crippen molar-refractivity contribution in [2.45, 2.75) is 10.1 Å². The van der Waals surface area contributed by atoms with Gasteiger partial charge in [-0.25, -0.2) is 16.8 Å². The van der Waals surface area contributed by atoms with Gasteiger partial charge in [0.2, 0.25) is 0 Å². The molecule has 13 heteroatoms. The first kappa shape index (κ1) is 14.4. The van der Waals surface area contributed by atoms with Crippen molar-refractivity contribution < 1.29 is 43.3 Å². The maximum Gasteiger partial charge on any atom is 0.504 e. The molecule has 0 bridgehead atoms. The summed E-state index contributed by atoms with van der Waals surface area (Å²) in [5.74, 6) is 0. The Balaban J connectivity index is 5.85. The zero-order valence-electron chi connectivity index (χ0n) is 6.22. The van der Waals surface area contributed by atoms with Gasteiger partial charge in [-0.2, -0.15) is 22.0 Å². The lowest BCUT2D eigenvalue weighted by molar-refractivity contribution is -0.0507. The summed E-state index contributed by atoms with van der Waals surface area (Å²) in [5.41, 5.74) is -6.53. The second kappa shape index (κ2) is 3.48. The molecule has 0 saturated heterocycles. The molecule has 0 aromatic rings.